The zero-order chi connectivity index (χ0) is 11.7. The molecule has 1 aromatic rings. The second-order valence-electron chi connectivity index (χ2n) is 4.52. The summed E-state index contributed by atoms with van der Waals surface area (Å²) in [5.41, 5.74) is 8.36. The highest BCUT2D eigenvalue weighted by molar-refractivity contribution is 9.10. The largest absolute Gasteiger partial charge is 0.368 e. The van der Waals surface area contributed by atoms with E-state index in [1.165, 1.54) is 24.1 Å². The summed E-state index contributed by atoms with van der Waals surface area (Å²) in [5, 5.41) is 0. The summed E-state index contributed by atoms with van der Waals surface area (Å²) in [4.78, 5) is 2.47. The molecular weight excluding hydrogens is 264 g/mol. The first-order valence-corrected chi connectivity index (χ1v) is 6.74. The van der Waals surface area contributed by atoms with Crippen molar-refractivity contribution in [2.24, 2.45) is 5.73 Å². The number of nitrogens with two attached hydrogens (primary N) is 1. The lowest BCUT2D eigenvalue weighted by molar-refractivity contribution is 0.806. The highest BCUT2D eigenvalue weighted by Gasteiger charge is 2.29. The molecule has 3 heteroatoms. The third-order valence-electron chi connectivity index (χ3n) is 3.14. The van der Waals surface area contributed by atoms with Gasteiger partial charge in [0.25, 0.3) is 0 Å². The second kappa shape index (κ2) is 4.76. The van der Waals surface area contributed by atoms with Gasteiger partial charge in [-0.05, 0) is 60.3 Å². The van der Waals surface area contributed by atoms with Gasteiger partial charge in [0, 0.05) is 23.1 Å². The number of hydrogen-bond acceptors (Lipinski definition) is 2. The van der Waals surface area contributed by atoms with Crippen LogP contribution in [0.25, 0.3) is 0 Å². The molecule has 2 N–H and O–H groups in total. The molecule has 1 aliphatic carbocycles. The topological polar surface area (TPSA) is 29.3 Å². The molecule has 0 aromatic heterocycles. The Bertz CT molecular complexity index is 372. The molecule has 88 valence electrons. The number of nitrogens with zero attached hydrogens (tertiary/aromatic N) is 1. The molecule has 0 aliphatic heterocycles. The first-order chi connectivity index (χ1) is 7.63. The van der Waals surface area contributed by atoms with Crippen LogP contribution in [0.2, 0.25) is 0 Å². The summed E-state index contributed by atoms with van der Waals surface area (Å²) in [5.74, 6) is 0. The smallest absolute Gasteiger partial charge is 0.0513 e. The maximum atomic E-state index is 5.88. The van der Waals surface area contributed by atoms with E-state index in [4.69, 9.17) is 5.73 Å². The summed E-state index contributed by atoms with van der Waals surface area (Å²) in [6, 6.07) is 7.31. The van der Waals surface area contributed by atoms with Crippen LogP contribution in [0.1, 0.15) is 38.3 Å². The third kappa shape index (κ3) is 2.41. The van der Waals surface area contributed by atoms with Gasteiger partial charge in [-0.15, -0.1) is 0 Å². The third-order valence-corrected chi connectivity index (χ3v) is 3.77. The molecule has 0 radical (unpaired) electrons. The Balaban J connectivity index is 2.27. The van der Waals surface area contributed by atoms with Crippen molar-refractivity contribution in [3.63, 3.8) is 0 Å². The van der Waals surface area contributed by atoms with Crippen LogP contribution in [0.4, 0.5) is 5.69 Å². The van der Waals surface area contributed by atoms with Gasteiger partial charge in [-0.25, -0.2) is 0 Å². The van der Waals surface area contributed by atoms with Crippen molar-refractivity contribution < 1.29 is 0 Å². The Hall–Kier alpha value is -0.540. The van der Waals surface area contributed by atoms with E-state index in [0.29, 0.717) is 0 Å². The van der Waals surface area contributed by atoms with E-state index in [0.717, 1.165) is 17.1 Å². The Morgan fingerprint density at radius 1 is 1.50 bits per heavy atom. The lowest BCUT2D eigenvalue weighted by Gasteiger charge is -2.24. The van der Waals surface area contributed by atoms with Crippen molar-refractivity contribution in [3.05, 3.63) is 28.2 Å². The van der Waals surface area contributed by atoms with Gasteiger partial charge >= 0.3 is 0 Å². The quantitative estimate of drug-likeness (QED) is 0.917. The van der Waals surface area contributed by atoms with Crippen molar-refractivity contribution in [2.75, 3.05) is 11.4 Å². The van der Waals surface area contributed by atoms with Crippen molar-refractivity contribution >= 4 is 21.6 Å². The Kier molecular flexibility index (Phi) is 3.55. The molecule has 1 aliphatic rings. The number of rotatable bonds is 4. The van der Waals surface area contributed by atoms with Gasteiger partial charge in [-0.2, -0.15) is 0 Å². The predicted molar refractivity (Wildman–Crippen MR) is 72.8 cm³/mol. The van der Waals surface area contributed by atoms with Gasteiger partial charge in [-0.1, -0.05) is 6.07 Å². The van der Waals surface area contributed by atoms with Gasteiger partial charge in [0.05, 0.1) is 5.69 Å². The van der Waals surface area contributed by atoms with E-state index in [-0.39, 0.29) is 6.04 Å². The molecule has 0 bridgehead atoms. The molecular formula is C13H19BrN2. The minimum absolute atomic E-state index is 0.0985. The molecule has 0 unspecified atom stereocenters. The minimum atomic E-state index is 0.0985. The van der Waals surface area contributed by atoms with E-state index < -0.39 is 0 Å². The van der Waals surface area contributed by atoms with E-state index in [9.17, 15) is 0 Å². The standard InChI is InChI=1S/C13H19BrN2/c1-3-16(11-5-6-11)13-7-4-10(9(2)15)8-12(13)14/h4,7-9,11H,3,5-6,15H2,1-2H3/t9-/m1/s1. The van der Waals surface area contributed by atoms with Gasteiger partial charge in [0.15, 0.2) is 0 Å². The van der Waals surface area contributed by atoms with Crippen LogP contribution in [0.15, 0.2) is 22.7 Å². The van der Waals surface area contributed by atoms with Crippen molar-refractivity contribution in [1.82, 2.24) is 0 Å². The van der Waals surface area contributed by atoms with Crippen molar-refractivity contribution in [1.29, 1.82) is 0 Å². The van der Waals surface area contributed by atoms with E-state index >= 15 is 0 Å². The maximum Gasteiger partial charge on any atom is 0.0513 e. The maximum absolute atomic E-state index is 5.88. The molecule has 1 aromatic carbocycles. The number of hydrogen-bond donors (Lipinski definition) is 1. The summed E-state index contributed by atoms with van der Waals surface area (Å²) in [6.45, 7) is 5.30. The number of anilines is 1. The van der Waals surface area contributed by atoms with Crippen molar-refractivity contribution in [2.45, 2.75) is 38.8 Å². The van der Waals surface area contributed by atoms with Gasteiger partial charge in [0.1, 0.15) is 0 Å². The summed E-state index contributed by atoms with van der Waals surface area (Å²) in [6.07, 6.45) is 2.66. The fraction of sp³-hybridized carbons (Fsp3) is 0.538. The van der Waals surface area contributed by atoms with Crippen LogP contribution in [0.5, 0.6) is 0 Å². The van der Waals surface area contributed by atoms with Gasteiger partial charge in [0.2, 0.25) is 0 Å². The average molecular weight is 283 g/mol. The van der Waals surface area contributed by atoms with Crippen LogP contribution >= 0.6 is 15.9 Å². The molecule has 0 saturated heterocycles. The highest BCUT2D eigenvalue weighted by atomic mass is 79.9. The first-order valence-electron chi connectivity index (χ1n) is 5.95. The van der Waals surface area contributed by atoms with Crippen LogP contribution in [0.3, 0.4) is 0 Å². The lowest BCUT2D eigenvalue weighted by atomic mass is 10.1. The van der Waals surface area contributed by atoms with Gasteiger partial charge in [-0.3, -0.25) is 0 Å². The SMILES string of the molecule is CCN(c1ccc([C@@H](C)N)cc1Br)C1CC1. The molecule has 1 fully saturated rings. The summed E-state index contributed by atoms with van der Waals surface area (Å²) < 4.78 is 1.16. The van der Waals surface area contributed by atoms with Gasteiger partial charge < -0.3 is 10.6 Å². The molecule has 0 amide bonds. The van der Waals surface area contributed by atoms with E-state index in [1.807, 2.05) is 6.92 Å². The molecule has 0 heterocycles. The number of benzene rings is 1. The zero-order valence-electron chi connectivity index (χ0n) is 9.91. The van der Waals surface area contributed by atoms with Crippen LogP contribution < -0.4 is 10.6 Å². The van der Waals surface area contributed by atoms with Crippen molar-refractivity contribution in [3.8, 4) is 0 Å². The lowest BCUT2D eigenvalue weighted by Crippen LogP contribution is -2.25. The molecule has 2 rings (SSSR count). The average Bonchev–Trinajstić information content (AvgIpc) is 3.05. The second-order valence-corrected chi connectivity index (χ2v) is 5.37. The zero-order valence-corrected chi connectivity index (χ0v) is 11.5. The Morgan fingerprint density at radius 2 is 2.19 bits per heavy atom. The van der Waals surface area contributed by atoms with E-state index in [1.54, 1.807) is 0 Å². The fourth-order valence-electron chi connectivity index (χ4n) is 2.05. The molecule has 1 atom stereocenters. The fourth-order valence-corrected chi connectivity index (χ4v) is 2.68. The highest BCUT2D eigenvalue weighted by Crippen LogP contribution is 2.36. The minimum Gasteiger partial charge on any atom is -0.368 e. The molecule has 0 spiro atoms. The van der Waals surface area contributed by atoms with Crippen LogP contribution in [0, 0.1) is 0 Å². The summed E-state index contributed by atoms with van der Waals surface area (Å²) in [7, 11) is 0. The first kappa shape index (κ1) is 11.9. The van der Waals surface area contributed by atoms with Crippen LogP contribution in [-0.2, 0) is 0 Å². The molecule has 16 heavy (non-hydrogen) atoms. The number of halogens is 1. The molecule has 2 nitrogen and oxygen atoms in total. The Labute approximate surface area is 106 Å². The predicted octanol–water partition coefficient (Wildman–Crippen LogP) is 3.46. The monoisotopic (exact) mass is 282 g/mol. The summed E-state index contributed by atoms with van der Waals surface area (Å²) >= 11 is 3.66. The van der Waals surface area contributed by atoms with Crippen LogP contribution in [-0.4, -0.2) is 12.6 Å². The van der Waals surface area contributed by atoms with E-state index in [2.05, 4.69) is 46.0 Å². The Morgan fingerprint density at radius 3 is 2.62 bits per heavy atom. The normalized spacial score (nSPS) is 17.2. The molecule has 1 saturated carbocycles.